The van der Waals surface area contributed by atoms with Crippen molar-refractivity contribution in [3.8, 4) is 0 Å². The van der Waals surface area contributed by atoms with Crippen LogP contribution in [-0.2, 0) is 11.2 Å². The third-order valence-corrected chi connectivity index (χ3v) is 4.77. The third kappa shape index (κ3) is 3.58. The zero-order valence-corrected chi connectivity index (χ0v) is 16.3. The lowest BCUT2D eigenvalue weighted by Crippen LogP contribution is -2.41. The molecule has 4 rings (SSSR count). The maximum atomic E-state index is 12.8. The fourth-order valence-corrected chi connectivity index (χ4v) is 3.35. The van der Waals surface area contributed by atoms with Crippen molar-refractivity contribution in [2.75, 3.05) is 0 Å². The Kier molecular flexibility index (Phi) is 4.55. The van der Waals surface area contributed by atoms with Crippen molar-refractivity contribution >= 4 is 27.8 Å². The second-order valence-corrected chi connectivity index (χ2v) is 8.07. The van der Waals surface area contributed by atoms with Gasteiger partial charge in [-0.25, -0.2) is 4.68 Å². The van der Waals surface area contributed by atoms with Crippen LogP contribution in [0.3, 0.4) is 0 Å². The van der Waals surface area contributed by atoms with Crippen LogP contribution in [0.1, 0.15) is 32.5 Å². The molecule has 1 N–H and O–H groups in total. The van der Waals surface area contributed by atoms with Crippen molar-refractivity contribution < 1.29 is 4.79 Å². The highest BCUT2D eigenvalue weighted by atomic mass is 16.1. The monoisotopic (exact) mass is 373 g/mol. The molecule has 0 spiro atoms. The first kappa shape index (κ1) is 18.1. The van der Waals surface area contributed by atoms with E-state index in [2.05, 4.69) is 41.4 Å². The second kappa shape index (κ2) is 7.03. The van der Waals surface area contributed by atoms with Gasteiger partial charge in [0.05, 0.1) is 17.5 Å². The number of aromatic nitrogens is 4. The molecule has 28 heavy (non-hydrogen) atoms. The molecular weight excluding hydrogens is 350 g/mol. The van der Waals surface area contributed by atoms with Gasteiger partial charge in [0.2, 0.25) is 5.91 Å². The Morgan fingerprint density at radius 2 is 1.89 bits per heavy atom. The van der Waals surface area contributed by atoms with E-state index in [0.29, 0.717) is 6.42 Å². The molecule has 1 amide bonds. The van der Waals surface area contributed by atoms with Gasteiger partial charge in [-0.3, -0.25) is 9.78 Å². The molecule has 0 radical (unpaired) electrons. The molecule has 2 aromatic carbocycles. The zero-order chi connectivity index (χ0) is 19.7. The van der Waals surface area contributed by atoms with Crippen LogP contribution in [0.15, 0.2) is 60.8 Å². The molecule has 0 saturated carbocycles. The lowest BCUT2D eigenvalue weighted by atomic mass is 9.92. The molecule has 0 fully saturated rings. The topological polar surface area (TPSA) is 72.7 Å². The molecule has 0 bridgehead atoms. The van der Waals surface area contributed by atoms with Crippen LogP contribution < -0.4 is 5.32 Å². The number of hydrogen-bond donors (Lipinski definition) is 1. The molecule has 0 aliphatic rings. The Morgan fingerprint density at radius 3 is 2.71 bits per heavy atom. The van der Waals surface area contributed by atoms with E-state index in [0.717, 1.165) is 27.5 Å². The number of pyridine rings is 1. The van der Waals surface area contributed by atoms with Crippen LogP contribution in [0.4, 0.5) is 0 Å². The summed E-state index contributed by atoms with van der Waals surface area (Å²) in [6.07, 6.45) is 1.75. The first-order valence-corrected chi connectivity index (χ1v) is 9.35. The van der Waals surface area contributed by atoms with Crippen LogP contribution in [0.2, 0.25) is 0 Å². The van der Waals surface area contributed by atoms with Gasteiger partial charge in [-0.2, -0.15) is 0 Å². The molecular formula is C22H23N5O. The molecule has 6 heteroatoms. The van der Waals surface area contributed by atoms with Crippen LogP contribution in [0.5, 0.6) is 0 Å². The number of nitrogens with zero attached hydrogens (tertiary/aromatic N) is 4. The van der Waals surface area contributed by atoms with Gasteiger partial charge in [0.25, 0.3) is 0 Å². The molecule has 0 saturated heterocycles. The summed E-state index contributed by atoms with van der Waals surface area (Å²) < 4.78 is 1.80. The number of carbonyl (C=O) groups is 1. The van der Waals surface area contributed by atoms with Gasteiger partial charge in [-0.15, -0.1) is 5.10 Å². The standard InChI is InChI=1S/C22H23N5O/c1-22(2,3)21(27-19-9-5-4-8-18(19)25-26-27)24-20(28)14-15-10-11-17-16(13-15)7-6-12-23-17/h4-13,21H,14H2,1-3H3,(H,24,28). The molecule has 142 valence electrons. The summed E-state index contributed by atoms with van der Waals surface area (Å²) in [5.74, 6) is -0.0530. The SMILES string of the molecule is CC(C)(C)C(NC(=O)Cc1ccc2ncccc2c1)n1nnc2ccccc21. The fourth-order valence-electron chi connectivity index (χ4n) is 3.35. The highest BCUT2D eigenvalue weighted by molar-refractivity contribution is 5.83. The molecule has 1 unspecified atom stereocenters. The Hall–Kier alpha value is -3.28. The minimum atomic E-state index is -0.311. The summed E-state index contributed by atoms with van der Waals surface area (Å²) >= 11 is 0. The van der Waals surface area contributed by atoms with Gasteiger partial charge in [0.1, 0.15) is 11.7 Å². The number of para-hydroxylation sites is 1. The number of fused-ring (bicyclic) bond motifs is 2. The number of hydrogen-bond acceptors (Lipinski definition) is 4. The van der Waals surface area contributed by atoms with Crippen molar-refractivity contribution in [3.05, 3.63) is 66.4 Å². The average Bonchev–Trinajstić information content (AvgIpc) is 3.09. The van der Waals surface area contributed by atoms with Crippen molar-refractivity contribution in [1.82, 2.24) is 25.3 Å². The summed E-state index contributed by atoms with van der Waals surface area (Å²) in [4.78, 5) is 17.2. The largest absolute Gasteiger partial charge is 0.333 e. The van der Waals surface area contributed by atoms with Crippen molar-refractivity contribution in [1.29, 1.82) is 0 Å². The quantitative estimate of drug-likeness (QED) is 0.589. The number of benzene rings is 2. The average molecular weight is 373 g/mol. The first-order chi connectivity index (χ1) is 13.4. The van der Waals surface area contributed by atoms with Crippen molar-refractivity contribution in [2.24, 2.45) is 5.41 Å². The summed E-state index contributed by atoms with van der Waals surface area (Å²) in [5, 5.41) is 12.7. The minimum absolute atomic E-state index is 0.0530. The van der Waals surface area contributed by atoms with E-state index in [1.165, 1.54) is 0 Å². The van der Waals surface area contributed by atoms with Gasteiger partial charge >= 0.3 is 0 Å². The third-order valence-electron chi connectivity index (χ3n) is 4.77. The molecule has 4 aromatic rings. The molecule has 0 aliphatic carbocycles. The van der Waals surface area contributed by atoms with Crippen LogP contribution in [0.25, 0.3) is 21.9 Å². The zero-order valence-electron chi connectivity index (χ0n) is 16.3. The van der Waals surface area contributed by atoms with E-state index in [1.54, 1.807) is 10.9 Å². The Morgan fingerprint density at radius 1 is 1.07 bits per heavy atom. The molecule has 2 heterocycles. The van der Waals surface area contributed by atoms with E-state index < -0.39 is 0 Å². The lowest BCUT2D eigenvalue weighted by molar-refractivity contribution is -0.123. The maximum Gasteiger partial charge on any atom is 0.226 e. The summed E-state index contributed by atoms with van der Waals surface area (Å²) in [5.41, 5.74) is 3.36. The normalized spacial score (nSPS) is 13.0. The number of carbonyl (C=O) groups excluding carboxylic acids is 1. The van der Waals surface area contributed by atoms with E-state index in [9.17, 15) is 4.79 Å². The van der Waals surface area contributed by atoms with E-state index in [4.69, 9.17) is 0 Å². The van der Waals surface area contributed by atoms with E-state index in [1.807, 2.05) is 54.6 Å². The van der Waals surface area contributed by atoms with Gasteiger partial charge < -0.3 is 5.32 Å². The fraction of sp³-hybridized carbons (Fsp3) is 0.273. The van der Waals surface area contributed by atoms with Crippen LogP contribution >= 0.6 is 0 Å². The van der Waals surface area contributed by atoms with Crippen molar-refractivity contribution in [2.45, 2.75) is 33.4 Å². The maximum absolute atomic E-state index is 12.8. The molecule has 0 aliphatic heterocycles. The highest BCUT2D eigenvalue weighted by Crippen LogP contribution is 2.30. The van der Waals surface area contributed by atoms with Gasteiger partial charge in [-0.1, -0.05) is 50.3 Å². The lowest BCUT2D eigenvalue weighted by Gasteiger charge is -2.31. The summed E-state index contributed by atoms with van der Waals surface area (Å²) in [6, 6.07) is 17.6. The summed E-state index contributed by atoms with van der Waals surface area (Å²) in [7, 11) is 0. The Bertz CT molecular complexity index is 1140. The smallest absolute Gasteiger partial charge is 0.226 e. The second-order valence-electron chi connectivity index (χ2n) is 8.07. The predicted molar refractivity (Wildman–Crippen MR) is 110 cm³/mol. The number of rotatable bonds is 4. The highest BCUT2D eigenvalue weighted by Gasteiger charge is 2.30. The number of nitrogens with one attached hydrogen (secondary N) is 1. The number of amides is 1. The minimum Gasteiger partial charge on any atom is -0.333 e. The van der Waals surface area contributed by atoms with Gasteiger partial charge in [-0.05, 0) is 35.9 Å². The van der Waals surface area contributed by atoms with E-state index >= 15 is 0 Å². The van der Waals surface area contributed by atoms with Crippen LogP contribution in [0, 0.1) is 5.41 Å². The van der Waals surface area contributed by atoms with E-state index in [-0.39, 0.29) is 17.5 Å². The van der Waals surface area contributed by atoms with Gasteiger partial charge in [0.15, 0.2) is 0 Å². The predicted octanol–water partition coefficient (Wildman–Crippen LogP) is 3.88. The van der Waals surface area contributed by atoms with Gasteiger partial charge in [0, 0.05) is 17.0 Å². The molecule has 6 nitrogen and oxygen atoms in total. The molecule has 2 aromatic heterocycles. The first-order valence-electron chi connectivity index (χ1n) is 9.35. The van der Waals surface area contributed by atoms with Crippen molar-refractivity contribution in [3.63, 3.8) is 0 Å². The Labute approximate surface area is 163 Å². The summed E-state index contributed by atoms with van der Waals surface area (Å²) in [6.45, 7) is 6.24. The van der Waals surface area contributed by atoms with Crippen LogP contribution in [-0.4, -0.2) is 25.9 Å². The Balaban J connectivity index is 1.59. The molecule has 1 atom stereocenters.